The number of carboxylic acid groups (broad SMARTS) is 1. The number of nitrogens with zero attached hydrogens (tertiary/aromatic N) is 1. The average Bonchev–Trinajstić information content (AvgIpc) is 2.43. The van der Waals surface area contributed by atoms with Gasteiger partial charge in [-0.15, -0.1) is 0 Å². The minimum atomic E-state index is -1.05. The van der Waals surface area contributed by atoms with Crippen molar-refractivity contribution >= 4 is 28.9 Å². The molecule has 0 saturated heterocycles. The maximum absolute atomic E-state index is 11.7. The molecular weight excluding hydrogens is 296 g/mol. The highest BCUT2D eigenvalue weighted by Gasteiger charge is 2.41. The van der Waals surface area contributed by atoms with E-state index in [0.717, 1.165) is 12.8 Å². The standard InChI is InChI=1S/C14H17ClN2O4/c1-9-4-6-14(7-5-9,13(18)19)16-12-3-2-10(17(20)21)8-11(12)15/h2-3,8-9,16H,4-7H2,1H3,(H,18,19). The lowest BCUT2D eigenvalue weighted by Crippen LogP contribution is -2.49. The summed E-state index contributed by atoms with van der Waals surface area (Å²) in [5.74, 6) is -0.407. The molecule has 0 heterocycles. The molecule has 1 aromatic carbocycles. The van der Waals surface area contributed by atoms with Crippen molar-refractivity contribution in [3.05, 3.63) is 33.3 Å². The van der Waals surface area contributed by atoms with Gasteiger partial charge in [-0.2, -0.15) is 0 Å². The van der Waals surface area contributed by atoms with E-state index in [2.05, 4.69) is 12.2 Å². The fourth-order valence-corrected chi connectivity index (χ4v) is 2.85. The quantitative estimate of drug-likeness (QED) is 0.653. The highest BCUT2D eigenvalue weighted by atomic mass is 35.5. The van der Waals surface area contributed by atoms with E-state index in [1.165, 1.54) is 18.2 Å². The van der Waals surface area contributed by atoms with E-state index in [-0.39, 0.29) is 10.7 Å². The van der Waals surface area contributed by atoms with Crippen LogP contribution in [-0.2, 0) is 4.79 Å². The molecule has 114 valence electrons. The van der Waals surface area contributed by atoms with Gasteiger partial charge in [-0.1, -0.05) is 18.5 Å². The fraction of sp³-hybridized carbons (Fsp3) is 0.500. The zero-order chi connectivity index (χ0) is 15.6. The van der Waals surface area contributed by atoms with Gasteiger partial charge in [-0.3, -0.25) is 10.1 Å². The highest BCUT2D eigenvalue weighted by molar-refractivity contribution is 6.33. The Kier molecular flexibility index (Phi) is 4.37. The van der Waals surface area contributed by atoms with Crippen LogP contribution in [0.5, 0.6) is 0 Å². The molecule has 1 aliphatic rings. The van der Waals surface area contributed by atoms with E-state index in [0.29, 0.717) is 24.4 Å². The van der Waals surface area contributed by atoms with Gasteiger partial charge in [0.2, 0.25) is 0 Å². The molecule has 0 unspecified atom stereocenters. The summed E-state index contributed by atoms with van der Waals surface area (Å²) in [7, 11) is 0. The van der Waals surface area contributed by atoms with Gasteiger partial charge in [0.25, 0.3) is 5.69 Å². The highest BCUT2D eigenvalue weighted by Crippen LogP contribution is 2.37. The number of nitrogens with one attached hydrogen (secondary N) is 1. The number of anilines is 1. The number of carbonyl (C=O) groups is 1. The normalized spacial score (nSPS) is 25.3. The van der Waals surface area contributed by atoms with Crippen molar-refractivity contribution in [2.45, 2.75) is 38.1 Å². The number of nitro benzene ring substituents is 1. The molecule has 0 aliphatic heterocycles. The van der Waals surface area contributed by atoms with Crippen LogP contribution in [0.2, 0.25) is 5.02 Å². The molecule has 0 bridgehead atoms. The van der Waals surface area contributed by atoms with Gasteiger partial charge in [0.15, 0.2) is 0 Å². The Bertz CT molecular complexity index is 568. The maximum atomic E-state index is 11.7. The molecule has 2 N–H and O–H groups in total. The third-order valence-corrected chi connectivity index (χ3v) is 4.39. The topological polar surface area (TPSA) is 92.5 Å². The number of halogens is 1. The van der Waals surface area contributed by atoms with Crippen molar-refractivity contribution in [1.29, 1.82) is 0 Å². The van der Waals surface area contributed by atoms with Crippen molar-refractivity contribution in [2.75, 3.05) is 5.32 Å². The van der Waals surface area contributed by atoms with Crippen LogP contribution in [0.25, 0.3) is 0 Å². The average molecular weight is 313 g/mol. The largest absolute Gasteiger partial charge is 0.480 e. The number of hydrogen-bond acceptors (Lipinski definition) is 4. The van der Waals surface area contributed by atoms with E-state index < -0.39 is 16.4 Å². The van der Waals surface area contributed by atoms with Gasteiger partial charge in [-0.05, 0) is 37.7 Å². The van der Waals surface area contributed by atoms with E-state index in [1.54, 1.807) is 0 Å². The van der Waals surface area contributed by atoms with Gasteiger partial charge >= 0.3 is 5.97 Å². The summed E-state index contributed by atoms with van der Waals surface area (Å²) in [4.78, 5) is 21.8. The van der Waals surface area contributed by atoms with Crippen molar-refractivity contribution in [3.8, 4) is 0 Å². The molecule has 0 radical (unpaired) electrons. The maximum Gasteiger partial charge on any atom is 0.329 e. The number of aliphatic carboxylic acids is 1. The first-order valence-corrected chi connectivity index (χ1v) is 7.17. The molecule has 1 fully saturated rings. The number of hydrogen-bond donors (Lipinski definition) is 2. The predicted molar refractivity (Wildman–Crippen MR) is 79.7 cm³/mol. The van der Waals surface area contributed by atoms with Crippen molar-refractivity contribution in [3.63, 3.8) is 0 Å². The summed E-state index contributed by atoms with van der Waals surface area (Å²) in [5.41, 5.74) is -0.752. The summed E-state index contributed by atoms with van der Waals surface area (Å²) in [6.07, 6.45) is 2.67. The lowest BCUT2D eigenvalue weighted by molar-refractivity contribution is -0.384. The van der Waals surface area contributed by atoms with Gasteiger partial charge in [0.05, 0.1) is 15.6 Å². The van der Waals surface area contributed by atoms with Crippen molar-refractivity contribution < 1.29 is 14.8 Å². The zero-order valence-corrected chi connectivity index (χ0v) is 12.4. The molecule has 0 amide bonds. The van der Waals surface area contributed by atoms with Crippen LogP contribution in [0.15, 0.2) is 18.2 Å². The summed E-state index contributed by atoms with van der Waals surface area (Å²) in [6.45, 7) is 2.10. The van der Waals surface area contributed by atoms with Gasteiger partial charge in [0, 0.05) is 12.1 Å². The van der Waals surface area contributed by atoms with E-state index in [9.17, 15) is 20.0 Å². The van der Waals surface area contributed by atoms with Crippen LogP contribution >= 0.6 is 11.6 Å². The Labute approximate surface area is 127 Å². The van der Waals surface area contributed by atoms with Crippen LogP contribution in [0.3, 0.4) is 0 Å². The number of non-ortho nitro benzene ring substituents is 1. The van der Waals surface area contributed by atoms with Crippen LogP contribution in [0, 0.1) is 16.0 Å². The number of nitro groups is 1. The van der Waals surface area contributed by atoms with Gasteiger partial charge in [-0.25, -0.2) is 4.79 Å². The molecule has 7 heteroatoms. The Morgan fingerprint density at radius 3 is 2.57 bits per heavy atom. The lowest BCUT2D eigenvalue weighted by Gasteiger charge is -2.37. The van der Waals surface area contributed by atoms with Crippen LogP contribution in [0.4, 0.5) is 11.4 Å². The number of rotatable bonds is 4. The molecular formula is C14H17ClN2O4. The molecule has 21 heavy (non-hydrogen) atoms. The molecule has 1 aromatic rings. The first-order valence-electron chi connectivity index (χ1n) is 6.79. The summed E-state index contributed by atoms with van der Waals surface area (Å²) < 4.78 is 0. The third kappa shape index (κ3) is 3.26. The Morgan fingerprint density at radius 2 is 2.10 bits per heavy atom. The SMILES string of the molecule is CC1CCC(Nc2ccc([N+](=O)[O-])cc2Cl)(C(=O)O)CC1. The van der Waals surface area contributed by atoms with Crippen LogP contribution in [0.1, 0.15) is 32.6 Å². The minimum Gasteiger partial charge on any atom is -0.480 e. The van der Waals surface area contributed by atoms with E-state index >= 15 is 0 Å². The third-order valence-electron chi connectivity index (χ3n) is 4.07. The first kappa shape index (κ1) is 15.6. The van der Waals surface area contributed by atoms with E-state index in [4.69, 9.17) is 11.6 Å². The fourth-order valence-electron chi connectivity index (χ4n) is 2.62. The predicted octanol–water partition coefficient (Wildman–Crippen LogP) is 3.69. The molecule has 1 saturated carbocycles. The minimum absolute atomic E-state index is 0.118. The zero-order valence-electron chi connectivity index (χ0n) is 11.6. The Balaban J connectivity index is 2.26. The molecule has 6 nitrogen and oxygen atoms in total. The Morgan fingerprint density at radius 1 is 1.48 bits per heavy atom. The summed E-state index contributed by atoms with van der Waals surface area (Å²) in [5, 5.41) is 23.4. The lowest BCUT2D eigenvalue weighted by atomic mass is 9.77. The number of carboxylic acids is 1. The monoisotopic (exact) mass is 312 g/mol. The van der Waals surface area contributed by atoms with E-state index in [1.807, 2.05) is 0 Å². The Hall–Kier alpha value is -1.82. The van der Waals surface area contributed by atoms with Crippen LogP contribution in [-0.4, -0.2) is 21.5 Å². The first-order chi connectivity index (χ1) is 9.84. The molecule has 0 spiro atoms. The second kappa shape index (κ2) is 5.89. The molecule has 0 atom stereocenters. The molecule has 0 aromatic heterocycles. The molecule has 1 aliphatic carbocycles. The van der Waals surface area contributed by atoms with Crippen molar-refractivity contribution in [1.82, 2.24) is 0 Å². The second-order valence-electron chi connectivity index (χ2n) is 5.62. The van der Waals surface area contributed by atoms with Gasteiger partial charge < -0.3 is 10.4 Å². The van der Waals surface area contributed by atoms with Crippen molar-refractivity contribution in [2.24, 2.45) is 5.92 Å². The second-order valence-corrected chi connectivity index (χ2v) is 6.02. The summed E-state index contributed by atoms with van der Waals surface area (Å²) in [6, 6.07) is 4.00. The smallest absolute Gasteiger partial charge is 0.329 e. The number of benzene rings is 1. The van der Waals surface area contributed by atoms with Crippen LogP contribution < -0.4 is 5.32 Å². The summed E-state index contributed by atoms with van der Waals surface area (Å²) >= 11 is 6.03. The van der Waals surface area contributed by atoms with Gasteiger partial charge in [0.1, 0.15) is 5.54 Å². The molecule has 2 rings (SSSR count).